The maximum absolute atomic E-state index is 12.1. The average molecular weight is 349 g/mol. The summed E-state index contributed by atoms with van der Waals surface area (Å²) in [5, 5.41) is 14.2. The van der Waals surface area contributed by atoms with E-state index in [1.165, 1.54) is 42.6 Å². The van der Waals surface area contributed by atoms with E-state index in [2.05, 4.69) is 9.93 Å². The van der Waals surface area contributed by atoms with Gasteiger partial charge in [0.1, 0.15) is 5.75 Å². The molecule has 9 heteroatoms. The predicted molar refractivity (Wildman–Crippen MR) is 88.6 cm³/mol. The first kappa shape index (κ1) is 17.4. The number of nitro benzene ring substituents is 1. The first-order valence-electron chi connectivity index (χ1n) is 6.94. The van der Waals surface area contributed by atoms with Crippen molar-refractivity contribution in [3.8, 4) is 5.75 Å². The van der Waals surface area contributed by atoms with Crippen molar-refractivity contribution in [2.24, 2.45) is 5.10 Å². The number of hydrogen-bond donors (Lipinski definition) is 1. The Balaban J connectivity index is 2.04. The fraction of sp³-hybridized carbons (Fsp3) is 0.133. The van der Waals surface area contributed by atoms with Gasteiger partial charge >= 0.3 is 0 Å². The smallest absolute Gasteiger partial charge is 0.276 e. The van der Waals surface area contributed by atoms with Crippen molar-refractivity contribution in [1.82, 2.24) is 4.83 Å². The Hall–Kier alpha value is -2.94. The molecule has 0 spiro atoms. The van der Waals surface area contributed by atoms with Crippen LogP contribution in [0, 0.1) is 10.1 Å². The summed E-state index contributed by atoms with van der Waals surface area (Å²) >= 11 is 0. The molecule has 0 fully saturated rings. The molecule has 0 atom stereocenters. The molecular formula is C15H15N3O5S. The molecule has 126 valence electrons. The minimum Gasteiger partial charge on any atom is -0.494 e. The van der Waals surface area contributed by atoms with E-state index in [-0.39, 0.29) is 10.6 Å². The zero-order valence-corrected chi connectivity index (χ0v) is 13.6. The number of hydrazone groups is 1. The van der Waals surface area contributed by atoms with E-state index in [1.54, 1.807) is 12.1 Å². The quantitative estimate of drug-likeness (QED) is 0.468. The second kappa shape index (κ2) is 7.55. The van der Waals surface area contributed by atoms with Crippen molar-refractivity contribution in [3.63, 3.8) is 0 Å². The van der Waals surface area contributed by atoms with Crippen LogP contribution in [0.3, 0.4) is 0 Å². The molecule has 0 bridgehead atoms. The Kier molecular flexibility index (Phi) is 5.48. The third kappa shape index (κ3) is 4.53. The monoisotopic (exact) mass is 349 g/mol. The van der Waals surface area contributed by atoms with Crippen molar-refractivity contribution in [1.29, 1.82) is 0 Å². The van der Waals surface area contributed by atoms with Gasteiger partial charge in [0.2, 0.25) is 0 Å². The van der Waals surface area contributed by atoms with E-state index >= 15 is 0 Å². The Labute approximate surface area is 139 Å². The highest BCUT2D eigenvalue weighted by Gasteiger charge is 2.12. The summed E-state index contributed by atoms with van der Waals surface area (Å²) in [5.41, 5.74) is 0.470. The summed E-state index contributed by atoms with van der Waals surface area (Å²) in [6.45, 7) is 2.32. The van der Waals surface area contributed by atoms with E-state index in [0.717, 1.165) is 0 Å². The third-order valence-electron chi connectivity index (χ3n) is 2.94. The van der Waals surface area contributed by atoms with Crippen LogP contribution in [0.5, 0.6) is 5.75 Å². The van der Waals surface area contributed by atoms with Gasteiger partial charge in [-0.3, -0.25) is 10.1 Å². The van der Waals surface area contributed by atoms with E-state index in [4.69, 9.17) is 4.74 Å². The SMILES string of the molecule is CCOc1ccc(S(=O)(=O)N/N=C/c2ccc([N+](=O)[O-])cc2)cc1. The van der Waals surface area contributed by atoms with Gasteiger partial charge in [0.05, 0.1) is 22.6 Å². The summed E-state index contributed by atoms with van der Waals surface area (Å²) in [5.74, 6) is 0.575. The van der Waals surface area contributed by atoms with Crippen LogP contribution in [0.1, 0.15) is 12.5 Å². The van der Waals surface area contributed by atoms with Crippen LogP contribution in [-0.4, -0.2) is 26.2 Å². The molecule has 0 radical (unpaired) electrons. The zero-order valence-electron chi connectivity index (χ0n) is 12.7. The van der Waals surface area contributed by atoms with Crippen LogP contribution in [-0.2, 0) is 10.0 Å². The minimum absolute atomic E-state index is 0.0480. The van der Waals surface area contributed by atoms with Gasteiger partial charge in [0.15, 0.2) is 0 Å². The molecule has 1 N–H and O–H groups in total. The Morgan fingerprint density at radius 1 is 1.17 bits per heavy atom. The van der Waals surface area contributed by atoms with Gasteiger partial charge in [-0.05, 0) is 48.9 Å². The van der Waals surface area contributed by atoms with Crippen molar-refractivity contribution < 1.29 is 18.1 Å². The molecule has 0 unspecified atom stereocenters. The maximum atomic E-state index is 12.1. The molecule has 2 aromatic rings. The molecule has 0 aliphatic heterocycles. The summed E-state index contributed by atoms with van der Waals surface area (Å²) in [7, 11) is -3.80. The van der Waals surface area contributed by atoms with Crippen LogP contribution in [0.25, 0.3) is 0 Å². The summed E-state index contributed by atoms with van der Waals surface area (Å²) in [4.78, 5) is 12.2. The Morgan fingerprint density at radius 3 is 2.33 bits per heavy atom. The van der Waals surface area contributed by atoms with Crippen molar-refractivity contribution in [3.05, 3.63) is 64.2 Å². The molecule has 0 heterocycles. The van der Waals surface area contributed by atoms with E-state index < -0.39 is 14.9 Å². The fourth-order valence-corrected chi connectivity index (χ4v) is 2.58. The average Bonchev–Trinajstić information content (AvgIpc) is 2.56. The number of nitrogens with one attached hydrogen (secondary N) is 1. The second-order valence-electron chi connectivity index (χ2n) is 4.61. The van der Waals surface area contributed by atoms with Crippen LogP contribution >= 0.6 is 0 Å². The molecule has 0 aliphatic carbocycles. The third-order valence-corrected chi connectivity index (χ3v) is 4.17. The lowest BCUT2D eigenvalue weighted by molar-refractivity contribution is -0.384. The first-order chi connectivity index (χ1) is 11.4. The maximum Gasteiger partial charge on any atom is 0.276 e. The zero-order chi connectivity index (χ0) is 17.6. The second-order valence-corrected chi connectivity index (χ2v) is 6.27. The van der Waals surface area contributed by atoms with Crippen molar-refractivity contribution in [2.75, 3.05) is 6.61 Å². The van der Waals surface area contributed by atoms with Crippen LogP contribution in [0.2, 0.25) is 0 Å². The molecular weight excluding hydrogens is 334 g/mol. The number of ether oxygens (including phenoxy) is 1. The first-order valence-corrected chi connectivity index (χ1v) is 8.43. The number of rotatable bonds is 7. The topological polar surface area (TPSA) is 111 Å². The van der Waals surface area contributed by atoms with Crippen LogP contribution in [0.15, 0.2) is 58.5 Å². The molecule has 0 amide bonds. The lowest BCUT2D eigenvalue weighted by atomic mass is 10.2. The molecule has 2 rings (SSSR count). The molecule has 2 aromatic carbocycles. The minimum atomic E-state index is -3.80. The summed E-state index contributed by atoms with van der Waals surface area (Å²) in [6, 6.07) is 11.5. The Bertz CT molecular complexity index is 830. The predicted octanol–water partition coefficient (Wildman–Crippen LogP) is 2.31. The van der Waals surface area contributed by atoms with E-state index in [0.29, 0.717) is 17.9 Å². The highest BCUT2D eigenvalue weighted by Crippen LogP contribution is 2.16. The number of benzene rings is 2. The van der Waals surface area contributed by atoms with Crippen molar-refractivity contribution >= 4 is 21.9 Å². The van der Waals surface area contributed by atoms with Gasteiger partial charge in [-0.1, -0.05) is 0 Å². The van der Waals surface area contributed by atoms with Gasteiger partial charge in [0.25, 0.3) is 15.7 Å². The van der Waals surface area contributed by atoms with Crippen LogP contribution in [0.4, 0.5) is 5.69 Å². The molecule has 0 aromatic heterocycles. The molecule has 24 heavy (non-hydrogen) atoms. The lowest BCUT2D eigenvalue weighted by Crippen LogP contribution is -2.18. The van der Waals surface area contributed by atoms with Gasteiger partial charge < -0.3 is 4.74 Å². The number of nitro groups is 1. The largest absolute Gasteiger partial charge is 0.494 e. The van der Waals surface area contributed by atoms with Gasteiger partial charge in [-0.15, -0.1) is 0 Å². The van der Waals surface area contributed by atoms with Gasteiger partial charge in [0, 0.05) is 12.1 Å². The lowest BCUT2D eigenvalue weighted by Gasteiger charge is -2.05. The van der Waals surface area contributed by atoms with Crippen molar-refractivity contribution in [2.45, 2.75) is 11.8 Å². The molecule has 8 nitrogen and oxygen atoms in total. The molecule has 0 saturated heterocycles. The van der Waals surface area contributed by atoms with E-state index in [9.17, 15) is 18.5 Å². The molecule has 0 saturated carbocycles. The summed E-state index contributed by atoms with van der Waals surface area (Å²) < 4.78 is 29.4. The van der Waals surface area contributed by atoms with Gasteiger partial charge in [-0.25, -0.2) is 4.83 Å². The fourth-order valence-electron chi connectivity index (χ4n) is 1.79. The molecule has 0 aliphatic rings. The number of hydrogen-bond acceptors (Lipinski definition) is 6. The number of non-ortho nitro benzene ring substituents is 1. The number of nitrogens with zero attached hydrogens (tertiary/aromatic N) is 2. The summed E-state index contributed by atoms with van der Waals surface area (Å²) in [6.07, 6.45) is 1.26. The highest BCUT2D eigenvalue weighted by atomic mass is 32.2. The highest BCUT2D eigenvalue weighted by molar-refractivity contribution is 7.89. The van der Waals surface area contributed by atoms with Gasteiger partial charge in [-0.2, -0.15) is 13.5 Å². The standard InChI is InChI=1S/C15H15N3O5S/c1-2-23-14-7-9-15(10-8-14)24(21,22)17-16-11-12-3-5-13(6-4-12)18(19)20/h3-11,17H,2H2,1H3/b16-11+. The van der Waals surface area contributed by atoms with Crippen LogP contribution < -0.4 is 9.57 Å². The number of sulfonamides is 1. The normalized spacial score (nSPS) is 11.4. The Morgan fingerprint density at radius 2 is 1.79 bits per heavy atom. The van der Waals surface area contributed by atoms with E-state index in [1.807, 2.05) is 6.92 Å².